The lowest BCUT2D eigenvalue weighted by Crippen LogP contribution is -2.37. The lowest BCUT2D eigenvalue weighted by atomic mass is 10.7. The molecule has 0 aliphatic rings. The van der Waals surface area contributed by atoms with Gasteiger partial charge in [-0.15, -0.1) is 0 Å². The van der Waals surface area contributed by atoms with Crippen LogP contribution in [-0.2, 0) is 10.8 Å². The minimum atomic E-state index is -0.790. The number of nitrogens with one attached hydrogen (secondary N) is 2. The van der Waals surface area contributed by atoms with Crippen molar-refractivity contribution in [3.05, 3.63) is 0 Å². The Labute approximate surface area is 75.6 Å². The van der Waals surface area contributed by atoms with Gasteiger partial charge in [0.25, 0.3) is 0 Å². The third-order valence-corrected chi connectivity index (χ3v) is 2.58. The highest BCUT2D eigenvalue weighted by Crippen LogP contribution is 1.78. The zero-order valence-corrected chi connectivity index (χ0v) is 8.37. The molecule has 0 rings (SSSR count). The highest BCUT2D eigenvalue weighted by atomic mass is 32.2. The van der Waals surface area contributed by atoms with Gasteiger partial charge in [-0.05, 0) is 6.92 Å². The fourth-order valence-electron chi connectivity index (χ4n) is 0.646. The maximum absolute atomic E-state index is 10.9. The second-order valence-corrected chi connectivity index (χ2v) is 4.08. The monoisotopic (exact) mass is 192 g/mol. The van der Waals surface area contributed by atoms with Crippen LogP contribution in [0.2, 0.25) is 0 Å². The van der Waals surface area contributed by atoms with Crippen molar-refractivity contribution in [2.45, 2.75) is 13.8 Å². The van der Waals surface area contributed by atoms with E-state index in [2.05, 4.69) is 10.6 Å². The first-order valence-corrected chi connectivity index (χ1v) is 5.56. The first-order valence-electron chi connectivity index (χ1n) is 4.07. The Balaban J connectivity index is 3.30. The maximum Gasteiger partial charge on any atom is 0.314 e. The molecule has 5 heteroatoms. The van der Waals surface area contributed by atoms with E-state index in [0.29, 0.717) is 24.6 Å². The highest BCUT2D eigenvalue weighted by molar-refractivity contribution is 7.84. The molecule has 0 spiro atoms. The molecule has 0 bridgehead atoms. The van der Waals surface area contributed by atoms with Crippen molar-refractivity contribution < 1.29 is 9.00 Å². The zero-order valence-electron chi connectivity index (χ0n) is 7.55. The Kier molecular flexibility index (Phi) is 6.75. The maximum atomic E-state index is 10.9. The van der Waals surface area contributed by atoms with E-state index in [1.165, 1.54) is 0 Å². The van der Waals surface area contributed by atoms with Gasteiger partial charge in [0.15, 0.2) is 0 Å². The van der Waals surface area contributed by atoms with Gasteiger partial charge in [-0.25, -0.2) is 4.79 Å². The minimum Gasteiger partial charge on any atom is -0.338 e. The van der Waals surface area contributed by atoms with Crippen LogP contribution in [0.4, 0.5) is 4.79 Å². The molecule has 1 atom stereocenters. The van der Waals surface area contributed by atoms with Crippen LogP contribution in [-0.4, -0.2) is 34.8 Å². The molecule has 0 aromatic carbocycles. The Morgan fingerprint density at radius 3 is 2.50 bits per heavy atom. The van der Waals surface area contributed by atoms with Crippen LogP contribution >= 0.6 is 0 Å². The molecule has 0 saturated heterocycles. The third kappa shape index (κ3) is 6.15. The van der Waals surface area contributed by atoms with E-state index in [4.69, 9.17) is 0 Å². The summed E-state index contributed by atoms with van der Waals surface area (Å²) in [6.07, 6.45) is 0. The van der Waals surface area contributed by atoms with Crippen LogP contribution in [0.1, 0.15) is 13.8 Å². The first-order chi connectivity index (χ1) is 5.70. The summed E-state index contributed by atoms with van der Waals surface area (Å²) < 4.78 is 10.9. The molecule has 0 aromatic heterocycles. The molecule has 1 unspecified atom stereocenters. The number of carbonyl (C=O) groups is 1. The molecular weight excluding hydrogens is 176 g/mol. The Morgan fingerprint density at radius 2 is 2.00 bits per heavy atom. The van der Waals surface area contributed by atoms with E-state index in [1.54, 1.807) is 0 Å². The van der Waals surface area contributed by atoms with E-state index in [1.807, 2.05) is 13.8 Å². The summed E-state index contributed by atoms with van der Waals surface area (Å²) in [5, 5.41) is 5.19. The number of amides is 2. The molecule has 0 aromatic rings. The topological polar surface area (TPSA) is 58.2 Å². The second kappa shape index (κ2) is 7.09. The van der Waals surface area contributed by atoms with Crippen molar-refractivity contribution in [3.8, 4) is 0 Å². The quantitative estimate of drug-likeness (QED) is 0.648. The van der Waals surface area contributed by atoms with Crippen molar-refractivity contribution in [3.63, 3.8) is 0 Å². The van der Waals surface area contributed by atoms with Crippen LogP contribution in [0.5, 0.6) is 0 Å². The van der Waals surface area contributed by atoms with Gasteiger partial charge in [-0.3, -0.25) is 4.21 Å². The van der Waals surface area contributed by atoms with E-state index >= 15 is 0 Å². The fourth-order valence-corrected chi connectivity index (χ4v) is 1.26. The molecule has 0 radical (unpaired) electrons. The highest BCUT2D eigenvalue weighted by Gasteiger charge is 1.98. The van der Waals surface area contributed by atoms with Crippen LogP contribution < -0.4 is 10.6 Å². The van der Waals surface area contributed by atoms with Gasteiger partial charge in [0.1, 0.15) is 0 Å². The van der Waals surface area contributed by atoms with Crippen molar-refractivity contribution in [1.29, 1.82) is 0 Å². The van der Waals surface area contributed by atoms with Crippen molar-refractivity contribution in [2.24, 2.45) is 0 Å². The predicted molar refractivity (Wildman–Crippen MR) is 50.6 cm³/mol. The van der Waals surface area contributed by atoms with Gasteiger partial charge in [0.2, 0.25) is 0 Å². The van der Waals surface area contributed by atoms with E-state index < -0.39 is 10.8 Å². The molecule has 0 aliphatic heterocycles. The number of hydrogen-bond donors (Lipinski definition) is 2. The standard InChI is InChI=1S/C7H16N2O2S/c1-3-8-7(10)9-5-6-12(11)4-2/h3-6H2,1-2H3,(H2,8,9,10). The molecule has 12 heavy (non-hydrogen) atoms. The zero-order chi connectivity index (χ0) is 9.40. The number of hydrogen-bond acceptors (Lipinski definition) is 2. The predicted octanol–water partition coefficient (Wildman–Crippen LogP) is 0.0741. The SMILES string of the molecule is CCNC(=O)NCCS(=O)CC. The smallest absolute Gasteiger partial charge is 0.314 e. The lowest BCUT2D eigenvalue weighted by Gasteiger charge is -2.04. The summed E-state index contributed by atoms with van der Waals surface area (Å²) in [4.78, 5) is 10.8. The molecule has 0 heterocycles. The fraction of sp³-hybridized carbons (Fsp3) is 0.857. The van der Waals surface area contributed by atoms with Gasteiger partial charge >= 0.3 is 6.03 Å². The van der Waals surface area contributed by atoms with Gasteiger partial charge in [0, 0.05) is 35.4 Å². The number of carbonyl (C=O) groups excluding carboxylic acids is 1. The molecule has 0 fully saturated rings. The Morgan fingerprint density at radius 1 is 1.33 bits per heavy atom. The van der Waals surface area contributed by atoms with Crippen LogP contribution in [0.25, 0.3) is 0 Å². The summed E-state index contributed by atoms with van der Waals surface area (Å²) in [5.41, 5.74) is 0. The number of urea groups is 1. The third-order valence-electron chi connectivity index (χ3n) is 1.27. The van der Waals surface area contributed by atoms with Gasteiger partial charge in [-0.2, -0.15) is 0 Å². The van der Waals surface area contributed by atoms with E-state index in [0.717, 1.165) is 0 Å². The van der Waals surface area contributed by atoms with Gasteiger partial charge in [-0.1, -0.05) is 6.92 Å². The minimum absolute atomic E-state index is 0.189. The average Bonchev–Trinajstić information content (AvgIpc) is 2.04. The summed E-state index contributed by atoms with van der Waals surface area (Å²) in [6.45, 7) is 4.81. The Hall–Kier alpha value is -0.580. The Bertz CT molecular complexity index is 161. The molecule has 0 aliphatic carbocycles. The lowest BCUT2D eigenvalue weighted by molar-refractivity contribution is 0.242. The van der Waals surface area contributed by atoms with Crippen molar-refractivity contribution >= 4 is 16.8 Å². The summed E-state index contributed by atoms with van der Waals surface area (Å²) in [7, 11) is -0.790. The summed E-state index contributed by atoms with van der Waals surface area (Å²) in [6, 6.07) is -0.189. The van der Waals surface area contributed by atoms with Crippen LogP contribution in [0, 0.1) is 0 Å². The molecule has 0 saturated carbocycles. The largest absolute Gasteiger partial charge is 0.338 e. The van der Waals surface area contributed by atoms with Crippen LogP contribution in [0.15, 0.2) is 0 Å². The number of rotatable bonds is 5. The van der Waals surface area contributed by atoms with Crippen molar-refractivity contribution in [1.82, 2.24) is 10.6 Å². The van der Waals surface area contributed by atoms with E-state index in [9.17, 15) is 9.00 Å². The van der Waals surface area contributed by atoms with Crippen molar-refractivity contribution in [2.75, 3.05) is 24.6 Å². The molecule has 4 nitrogen and oxygen atoms in total. The summed E-state index contributed by atoms with van der Waals surface area (Å²) in [5.74, 6) is 1.19. The average molecular weight is 192 g/mol. The molecule has 2 N–H and O–H groups in total. The van der Waals surface area contributed by atoms with Crippen LogP contribution in [0.3, 0.4) is 0 Å². The van der Waals surface area contributed by atoms with Gasteiger partial charge in [0.05, 0.1) is 0 Å². The first kappa shape index (κ1) is 11.4. The van der Waals surface area contributed by atoms with E-state index in [-0.39, 0.29) is 6.03 Å². The van der Waals surface area contributed by atoms with Gasteiger partial charge < -0.3 is 10.6 Å². The molecule has 72 valence electrons. The molecule has 2 amide bonds. The normalized spacial score (nSPS) is 12.2. The summed E-state index contributed by atoms with van der Waals surface area (Å²) >= 11 is 0. The molecular formula is C7H16N2O2S. The second-order valence-electron chi connectivity index (χ2n) is 2.22.